The monoisotopic (exact) mass is 505 g/mol. The van der Waals surface area contributed by atoms with Crippen molar-refractivity contribution < 1.29 is 61.6 Å². The standard InChI is InChI=1S/C17H33N2O3.C4H7O3.Y/c1-5-21-15-9-7-6-8-10-18-11-13-19(14-12-18)16(20)22-17(2,3)4;1-2-7-3-4(5)6;/h1,5-15H2,2-4H3;1-3H2,(H,5,6);/q2*-1;. The molecule has 1 rings (SSSR count). The molecule has 9 heteroatoms. The topological polar surface area (TPSA) is 88.5 Å². The molecule has 1 fully saturated rings. The van der Waals surface area contributed by atoms with Gasteiger partial charge in [-0.15, -0.1) is 0 Å². The quantitative estimate of drug-likeness (QED) is 0.341. The molecule has 0 aliphatic carbocycles. The third kappa shape index (κ3) is 19.7. The zero-order valence-electron chi connectivity index (χ0n) is 19.1. The fourth-order valence-electron chi connectivity index (χ4n) is 2.64. The number of hydrogen-bond acceptors (Lipinski definition) is 6. The molecule has 0 bridgehead atoms. The smallest absolute Gasteiger partial charge is 0.410 e. The third-order valence-electron chi connectivity index (χ3n) is 4.05. The second-order valence-corrected chi connectivity index (χ2v) is 7.78. The maximum absolute atomic E-state index is 12.0. The molecule has 0 aromatic heterocycles. The van der Waals surface area contributed by atoms with Crippen molar-refractivity contribution in [1.82, 2.24) is 9.80 Å². The number of aliphatic carboxylic acids is 1. The van der Waals surface area contributed by atoms with Gasteiger partial charge in [0.15, 0.2) is 0 Å². The summed E-state index contributed by atoms with van der Waals surface area (Å²) < 4.78 is 15.0. The summed E-state index contributed by atoms with van der Waals surface area (Å²) in [6, 6.07) is 0. The Morgan fingerprint density at radius 3 is 1.97 bits per heavy atom. The van der Waals surface area contributed by atoms with Crippen LogP contribution in [0.2, 0.25) is 0 Å². The average molecular weight is 505 g/mol. The summed E-state index contributed by atoms with van der Waals surface area (Å²) in [5.41, 5.74) is -0.411. The number of carbonyl (C=O) groups excluding carboxylic acids is 1. The molecule has 1 saturated heterocycles. The molecular weight excluding hydrogens is 465 g/mol. The van der Waals surface area contributed by atoms with E-state index in [0.717, 1.165) is 45.8 Å². The molecular formula is C21H40N2O6Y-2. The Morgan fingerprint density at radius 2 is 1.50 bits per heavy atom. The molecule has 1 N–H and O–H groups in total. The van der Waals surface area contributed by atoms with Crippen molar-refractivity contribution in [1.29, 1.82) is 0 Å². The van der Waals surface area contributed by atoms with Crippen molar-refractivity contribution in [3.05, 3.63) is 13.8 Å². The van der Waals surface area contributed by atoms with E-state index in [0.29, 0.717) is 6.61 Å². The van der Waals surface area contributed by atoms with E-state index in [4.69, 9.17) is 14.6 Å². The summed E-state index contributed by atoms with van der Waals surface area (Å²) in [5.74, 6) is -0.955. The maximum Gasteiger partial charge on any atom is 0.410 e. The van der Waals surface area contributed by atoms with Gasteiger partial charge in [-0.1, -0.05) is 26.1 Å². The van der Waals surface area contributed by atoms with Gasteiger partial charge in [0.25, 0.3) is 0 Å². The van der Waals surface area contributed by atoms with E-state index in [1.165, 1.54) is 19.3 Å². The molecule has 30 heavy (non-hydrogen) atoms. The number of rotatable bonds is 11. The molecule has 1 aliphatic heterocycles. The Labute approximate surface area is 207 Å². The first-order chi connectivity index (χ1) is 13.7. The van der Waals surface area contributed by atoms with Crippen molar-refractivity contribution in [2.45, 2.75) is 52.1 Å². The first-order valence-corrected chi connectivity index (χ1v) is 10.4. The number of amides is 1. The van der Waals surface area contributed by atoms with Crippen LogP contribution in [-0.4, -0.2) is 91.7 Å². The van der Waals surface area contributed by atoms with Gasteiger partial charge in [0.1, 0.15) is 12.2 Å². The van der Waals surface area contributed by atoms with Crippen molar-refractivity contribution in [3.8, 4) is 0 Å². The fraction of sp³-hybridized carbons (Fsp3) is 0.810. The molecule has 175 valence electrons. The largest absolute Gasteiger partial charge is 0.480 e. The Balaban J connectivity index is 0. The minimum absolute atomic E-state index is 0. The first-order valence-electron chi connectivity index (χ1n) is 10.4. The normalized spacial score (nSPS) is 14.4. The number of carboxylic acids is 1. The van der Waals surface area contributed by atoms with E-state index in [1.807, 2.05) is 25.7 Å². The number of nitrogens with zero attached hydrogens (tertiary/aromatic N) is 2. The second kappa shape index (κ2) is 19.4. The van der Waals surface area contributed by atoms with Crippen LogP contribution in [0.25, 0.3) is 0 Å². The van der Waals surface area contributed by atoms with E-state index < -0.39 is 11.6 Å². The van der Waals surface area contributed by atoms with Crippen LogP contribution in [0.5, 0.6) is 0 Å². The van der Waals surface area contributed by atoms with Crippen molar-refractivity contribution >= 4 is 12.1 Å². The Kier molecular flexibility index (Phi) is 20.6. The zero-order valence-corrected chi connectivity index (χ0v) is 21.9. The van der Waals surface area contributed by atoms with Crippen molar-refractivity contribution in [3.63, 3.8) is 0 Å². The molecule has 1 radical (unpaired) electrons. The Morgan fingerprint density at radius 1 is 0.933 bits per heavy atom. The minimum atomic E-state index is -0.955. The summed E-state index contributed by atoms with van der Waals surface area (Å²) in [6.45, 7) is 18.6. The summed E-state index contributed by atoms with van der Waals surface area (Å²) in [7, 11) is 0. The van der Waals surface area contributed by atoms with Crippen LogP contribution in [0.1, 0.15) is 46.5 Å². The first kappa shape index (κ1) is 31.9. The average Bonchev–Trinajstić information content (AvgIpc) is 2.65. The molecule has 1 amide bonds. The van der Waals surface area contributed by atoms with Crippen molar-refractivity contribution in [2.75, 3.05) is 59.2 Å². The predicted molar refractivity (Wildman–Crippen MR) is 113 cm³/mol. The molecule has 0 atom stereocenters. The van der Waals surface area contributed by atoms with Gasteiger partial charge in [0, 0.05) is 65.5 Å². The van der Waals surface area contributed by atoms with E-state index in [2.05, 4.69) is 23.5 Å². The van der Waals surface area contributed by atoms with Crippen LogP contribution >= 0.6 is 0 Å². The molecule has 0 unspecified atom stereocenters. The van der Waals surface area contributed by atoms with Crippen LogP contribution in [0, 0.1) is 13.8 Å². The SMILES string of the molecule is [CH2-]COCC(=O)O.[CH2-]COCCCCCCN1CCN(C(=O)OC(C)(C)C)CC1.[Y]. The Bertz CT molecular complexity index is 438. The van der Waals surface area contributed by atoms with Gasteiger partial charge < -0.3 is 38.1 Å². The summed E-state index contributed by atoms with van der Waals surface area (Å²) in [4.78, 5) is 25.8. The number of unbranched alkanes of at least 4 members (excludes halogenated alkanes) is 3. The number of carbonyl (C=O) groups is 2. The van der Waals surface area contributed by atoms with Gasteiger partial charge in [0.2, 0.25) is 0 Å². The summed E-state index contributed by atoms with van der Waals surface area (Å²) in [6.07, 6.45) is 4.63. The van der Waals surface area contributed by atoms with E-state index in [9.17, 15) is 9.59 Å². The molecule has 0 spiro atoms. The van der Waals surface area contributed by atoms with E-state index in [1.54, 1.807) is 0 Å². The fourth-order valence-corrected chi connectivity index (χ4v) is 2.64. The zero-order chi connectivity index (χ0) is 22.1. The van der Waals surface area contributed by atoms with Gasteiger partial charge in [-0.3, -0.25) is 4.90 Å². The van der Waals surface area contributed by atoms with Crippen LogP contribution in [0.15, 0.2) is 0 Å². The molecule has 0 aromatic rings. The van der Waals surface area contributed by atoms with Gasteiger partial charge in [-0.2, -0.15) is 0 Å². The second-order valence-electron chi connectivity index (χ2n) is 7.78. The van der Waals surface area contributed by atoms with Crippen LogP contribution in [0.4, 0.5) is 4.79 Å². The van der Waals surface area contributed by atoms with Gasteiger partial charge in [-0.05, 0) is 40.2 Å². The maximum atomic E-state index is 12.0. The summed E-state index contributed by atoms with van der Waals surface area (Å²) >= 11 is 0. The molecule has 1 aliphatic rings. The number of piperazine rings is 1. The number of ether oxygens (including phenoxy) is 3. The predicted octanol–water partition coefficient (Wildman–Crippen LogP) is 2.87. The molecule has 8 nitrogen and oxygen atoms in total. The molecule has 0 saturated carbocycles. The summed E-state index contributed by atoms with van der Waals surface area (Å²) in [5, 5.41) is 7.89. The molecule has 0 aromatic carbocycles. The van der Waals surface area contributed by atoms with Crippen LogP contribution in [0.3, 0.4) is 0 Å². The Hall–Kier alpha value is -0.276. The van der Waals surface area contributed by atoms with E-state index >= 15 is 0 Å². The van der Waals surface area contributed by atoms with Crippen LogP contribution < -0.4 is 0 Å². The molecule has 1 heterocycles. The van der Waals surface area contributed by atoms with Crippen molar-refractivity contribution in [2.24, 2.45) is 0 Å². The number of carboxylic acid groups (broad SMARTS) is 1. The van der Waals surface area contributed by atoms with Crippen LogP contribution in [-0.2, 0) is 51.7 Å². The van der Waals surface area contributed by atoms with E-state index in [-0.39, 0.29) is 52.0 Å². The van der Waals surface area contributed by atoms with Gasteiger partial charge in [0.05, 0.1) is 0 Å². The minimum Gasteiger partial charge on any atom is -0.480 e. The third-order valence-corrected chi connectivity index (χ3v) is 4.05. The number of hydrogen-bond donors (Lipinski definition) is 1. The van der Waals surface area contributed by atoms with Gasteiger partial charge in [-0.25, -0.2) is 9.59 Å². The van der Waals surface area contributed by atoms with Gasteiger partial charge >= 0.3 is 12.1 Å².